The molecule has 37 heavy (non-hydrogen) atoms. The van der Waals surface area contributed by atoms with Crippen molar-refractivity contribution in [2.75, 3.05) is 11.5 Å². The summed E-state index contributed by atoms with van der Waals surface area (Å²) >= 11 is 3.00. The summed E-state index contributed by atoms with van der Waals surface area (Å²) in [5, 5.41) is 46.4. The number of thiazole rings is 2. The average Bonchev–Trinajstić information content (AvgIpc) is 3.53. The van der Waals surface area contributed by atoms with Crippen LogP contribution in [0.5, 0.6) is 0 Å². The van der Waals surface area contributed by atoms with E-state index in [9.17, 15) is 39.6 Å². The Bertz CT molecular complexity index is 1120. The van der Waals surface area contributed by atoms with Crippen molar-refractivity contribution in [3.05, 3.63) is 82.3 Å². The van der Waals surface area contributed by atoms with Crippen molar-refractivity contribution >= 4 is 56.8 Å². The molecule has 17 heteroatoms. The summed E-state index contributed by atoms with van der Waals surface area (Å²) in [5.74, 6) is -6.42. The number of aromatic carboxylic acids is 4. The Hall–Kier alpha value is -4.44. The maximum absolute atomic E-state index is 10.3. The topological polar surface area (TPSA) is 267 Å². The van der Waals surface area contributed by atoms with Gasteiger partial charge in [-0.2, -0.15) is 0 Å². The summed E-state index contributed by atoms with van der Waals surface area (Å²) in [4.78, 5) is 53.3. The minimum absolute atomic E-state index is 0. The molecule has 4 rings (SSSR count). The van der Waals surface area contributed by atoms with E-state index in [0.29, 0.717) is 0 Å². The molecule has 14 nitrogen and oxygen atoms in total. The van der Waals surface area contributed by atoms with Gasteiger partial charge in [-0.3, -0.25) is 21.4 Å². The maximum atomic E-state index is 10.3. The van der Waals surface area contributed by atoms with E-state index in [2.05, 4.69) is 19.9 Å². The van der Waals surface area contributed by atoms with Crippen LogP contribution < -0.4 is 41.9 Å². The zero-order valence-electron chi connectivity index (χ0n) is 18.2. The van der Waals surface area contributed by atoms with Gasteiger partial charge in [-0.25, -0.2) is 9.97 Å². The van der Waals surface area contributed by atoms with Gasteiger partial charge < -0.3 is 39.6 Å². The third-order valence-corrected chi connectivity index (χ3v) is 4.71. The van der Waals surface area contributed by atoms with E-state index in [1.54, 1.807) is 12.4 Å². The summed E-state index contributed by atoms with van der Waals surface area (Å²) in [6.07, 6.45) is 5.94. The molecule has 0 saturated heterocycles. The number of pyridine rings is 2. The fraction of sp³-hybridized carbons (Fsp3) is 0. The molecule has 6 N–H and O–H groups in total. The Morgan fingerprint density at radius 1 is 0.676 bits per heavy atom. The van der Waals surface area contributed by atoms with Gasteiger partial charge in [0.1, 0.15) is 0 Å². The maximum Gasteiger partial charge on any atom is 2.00 e. The molecule has 0 aliphatic carbocycles. The van der Waals surface area contributed by atoms with Crippen LogP contribution in [-0.4, -0.2) is 33.8 Å². The Morgan fingerprint density at radius 2 is 1.03 bits per heavy atom. The third-order valence-electron chi connectivity index (χ3n) is 3.42. The Balaban J connectivity index is 0.000000485. The van der Waals surface area contributed by atoms with Gasteiger partial charge in [-0.15, -0.1) is 0 Å². The number of nitrogens with one attached hydrogen (secondary N) is 2. The van der Waals surface area contributed by atoms with E-state index in [1.165, 1.54) is 34.8 Å². The summed E-state index contributed by atoms with van der Waals surface area (Å²) in [6, 6.07) is 4.79. The summed E-state index contributed by atoms with van der Waals surface area (Å²) in [5.41, 5.74) is 8.31. The summed E-state index contributed by atoms with van der Waals surface area (Å²) in [6.45, 7) is 0. The first-order valence-electron chi connectivity index (χ1n) is 9.21. The zero-order valence-corrected chi connectivity index (χ0v) is 20.8. The molecule has 4 heterocycles. The quantitative estimate of drug-likeness (QED) is 0.213. The zero-order chi connectivity index (χ0) is 27.1. The van der Waals surface area contributed by atoms with Crippen molar-refractivity contribution in [3.63, 3.8) is 0 Å². The molecule has 0 unspecified atom stereocenters. The number of hydrogen-bond donors (Lipinski definition) is 2. The van der Waals surface area contributed by atoms with Gasteiger partial charge >= 0.3 is 27.3 Å². The first kappa shape index (κ1) is 32.6. The van der Waals surface area contributed by atoms with Crippen molar-refractivity contribution in [2.45, 2.75) is 0 Å². The number of nitrogen functional groups attached to an aromatic ring is 2. The standard InChI is InChI=1S/2C7H5NO4.2C3H4N2S.Cu/c2*9-6(10)4-2-1-3-8-5(4)7(11)12;2*4-3-5-1-2-6-3;/h2*1-3H,(H,9,10)(H,11,12);2*1-2H,(H2,4,5);/q;;;;+2/p-2. The van der Waals surface area contributed by atoms with Gasteiger partial charge in [0, 0.05) is 34.3 Å². The molecule has 0 saturated carbocycles. The van der Waals surface area contributed by atoms with E-state index < -0.39 is 46.4 Å². The molecule has 0 atom stereocenters. The molecular formula is C20H16CuN6O8S2. The van der Waals surface area contributed by atoms with E-state index in [4.69, 9.17) is 11.5 Å². The van der Waals surface area contributed by atoms with Crippen LogP contribution in [0.25, 0.3) is 0 Å². The van der Waals surface area contributed by atoms with Crippen molar-refractivity contribution in [1.29, 1.82) is 0 Å². The summed E-state index contributed by atoms with van der Waals surface area (Å²) in [7, 11) is 0. The van der Waals surface area contributed by atoms with Crippen LogP contribution in [0.3, 0.4) is 0 Å². The monoisotopic (exact) mass is 595 g/mol. The number of nitrogens with two attached hydrogens (primary N) is 2. The Kier molecular flexibility index (Phi) is 15.0. The normalized spacial score (nSPS) is 8.86. The number of carbonyl (C=O) groups excluding carboxylic acids is 4. The molecule has 0 aliphatic rings. The van der Waals surface area contributed by atoms with Crippen LogP contribution >= 0.6 is 22.7 Å². The van der Waals surface area contributed by atoms with Crippen LogP contribution in [0.15, 0.2) is 59.8 Å². The summed E-state index contributed by atoms with van der Waals surface area (Å²) < 4.78 is 0. The second-order valence-electron chi connectivity index (χ2n) is 5.81. The van der Waals surface area contributed by atoms with Gasteiger partial charge in [0.15, 0.2) is 0 Å². The number of carbonyl (C=O) groups is 4. The Labute approximate surface area is 226 Å². The van der Waals surface area contributed by atoms with Gasteiger partial charge in [0.05, 0.1) is 47.7 Å². The van der Waals surface area contributed by atoms with Crippen molar-refractivity contribution in [1.82, 2.24) is 9.97 Å². The van der Waals surface area contributed by atoms with Crippen molar-refractivity contribution < 1.29 is 66.6 Å². The second-order valence-corrected chi connectivity index (χ2v) is 7.70. The minimum atomic E-state index is -1.63. The fourth-order valence-corrected chi connectivity index (χ4v) is 2.82. The number of H-pyrrole nitrogens is 2. The number of rotatable bonds is 4. The molecule has 0 fully saturated rings. The first-order valence-corrected chi connectivity index (χ1v) is 11.0. The molecule has 0 amide bonds. The molecule has 0 bridgehead atoms. The Morgan fingerprint density at radius 3 is 1.19 bits per heavy atom. The van der Waals surface area contributed by atoms with Crippen LogP contribution in [0, 0.1) is 0 Å². The first-order chi connectivity index (χ1) is 17.0. The van der Waals surface area contributed by atoms with E-state index in [0.717, 1.165) is 34.8 Å². The molecule has 197 valence electrons. The van der Waals surface area contributed by atoms with Gasteiger partial charge in [-0.1, -0.05) is 22.7 Å². The number of anilines is 2. The molecule has 4 aromatic rings. The van der Waals surface area contributed by atoms with Crippen LogP contribution in [0.2, 0.25) is 0 Å². The third kappa shape index (κ3) is 12.2. The van der Waals surface area contributed by atoms with Crippen molar-refractivity contribution in [3.8, 4) is 0 Å². The molecular weight excluding hydrogens is 580 g/mol. The van der Waals surface area contributed by atoms with Gasteiger partial charge in [-0.05, 0) is 24.3 Å². The smallest absolute Gasteiger partial charge is 0.545 e. The largest absolute Gasteiger partial charge is 2.00 e. The molecule has 0 aliphatic heterocycles. The predicted octanol–water partition coefficient (Wildman–Crippen LogP) is -4.10. The number of carboxylic acid groups (broad SMARTS) is 4. The number of carboxylic acids is 4. The van der Waals surface area contributed by atoms with Crippen molar-refractivity contribution in [2.24, 2.45) is 0 Å². The number of aromatic amines is 2. The van der Waals surface area contributed by atoms with E-state index >= 15 is 0 Å². The second kappa shape index (κ2) is 17.1. The van der Waals surface area contributed by atoms with Crippen LogP contribution in [0.4, 0.5) is 10.3 Å². The SMILES string of the molecule is Nc1[nH+]ccs1.Nc1[nH+]ccs1.O=C([O-])c1cccnc1C(=O)[O-].O=C([O-])c1cccnc1C(=O)[O-].[Cu+2]. The number of aromatic nitrogens is 4. The molecule has 0 spiro atoms. The fourth-order valence-electron chi connectivity index (χ4n) is 1.98. The molecule has 4 aromatic heterocycles. The van der Waals surface area contributed by atoms with E-state index in [-0.39, 0.29) is 17.1 Å². The van der Waals surface area contributed by atoms with Crippen LogP contribution in [-0.2, 0) is 17.1 Å². The minimum Gasteiger partial charge on any atom is -0.545 e. The predicted molar refractivity (Wildman–Crippen MR) is 116 cm³/mol. The molecule has 0 aromatic carbocycles. The molecule has 1 radical (unpaired) electrons. The van der Waals surface area contributed by atoms with Crippen LogP contribution in [0.1, 0.15) is 41.7 Å². The van der Waals surface area contributed by atoms with E-state index in [1.807, 2.05) is 10.8 Å². The van der Waals surface area contributed by atoms with Gasteiger partial charge in [0.2, 0.25) is 0 Å². The van der Waals surface area contributed by atoms with Gasteiger partial charge in [0.25, 0.3) is 0 Å². The number of nitrogens with zero attached hydrogens (tertiary/aromatic N) is 2. The number of hydrogen-bond acceptors (Lipinski definition) is 14. The average molecular weight is 596 g/mol.